The number of nitrogens with zero attached hydrogens (tertiary/aromatic N) is 4. The highest BCUT2D eigenvalue weighted by Crippen LogP contribution is 2.12. The molecule has 12 heavy (non-hydrogen) atoms. The summed E-state index contributed by atoms with van der Waals surface area (Å²) in [5.74, 6) is -0.357. The molecule has 1 rings (SSSR count). The van der Waals surface area contributed by atoms with Gasteiger partial charge in [-0.15, -0.1) is 0 Å². The summed E-state index contributed by atoms with van der Waals surface area (Å²) >= 11 is 0. The first-order chi connectivity index (χ1) is 5.41. The number of hydrogen-bond acceptors (Lipinski definition) is 4. The first-order valence-corrected chi connectivity index (χ1v) is 3.48. The molecule has 6 heteroatoms. The van der Waals surface area contributed by atoms with Crippen molar-refractivity contribution in [2.24, 2.45) is 0 Å². The molecule has 0 aromatic carbocycles. The third kappa shape index (κ3) is 1.58. The van der Waals surface area contributed by atoms with Crippen molar-refractivity contribution in [2.75, 3.05) is 0 Å². The molecule has 0 aliphatic rings. The zero-order valence-corrected chi connectivity index (χ0v) is 7.18. The molecule has 1 heterocycles. The van der Waals surface area contributed by atoms with Gasteiger partial charge in [0.2, 0.25) is 6.33 Å². The fraction of sp³-hybridized carbons (Fsp3) is 0.667. The van der Waals surface area contributed by atoms with Crippen LogP contribution in [0.5, 0.6) is 0 Å². The molecule has 0 aliphatic carbocycles. The topological polar surface area (TPSA) is 73.8 Å². The molecule has 1 aromatic heterocycles. The van der Waals surface area contributed by atoms with Gasteiger partial charge in [0.05, 0.1) is 5.54 Å². The average molecular weight is 170 g/mol. The van der Waals surface area contributed by atoms with Crippen molar-refractivity contribution in [3.8, 4) is 0 Å². The Hall–Kier alpha value is -1.46. The number of nitro groups is 1. The van der Waals surface area contributed by atoms with Gasteiger partial charge < -0.3 is 10.1 Å². The van der Waals surface area contributed by atoms with E-state index in [9.17, 15) is 10.1 Å². The van der Waals surface area contributed by atoms with Gasteiger partial charge >= 0.3 is 5.95 Å². The summed E-state index contributed by atoms with van der Waals surface area (Å²) in [6, 6.07) is 0. The molecule has 0 saturated heterocycles. The molecule has 1 aromatic rings. The zero-order valence-electron chi connectivity index (χ0n) is 7.18. The highest BCUT2D eigenvalue weighted by Gasteiger charge is 2.21. The monoisotopic (exact) mass is 170 g/mol. The lowest BCUT2D eigenvalue weighted by Crippen LogP contribution is -2.22. The molecule has 0 bridgehead atoms. The van der Waals surface area contributed by atoms with Crippen molar-refractivity contribution >= 4 is 5.95 Å². The maximum absolute atomic E-state index is 10.2. The Morgan fingerprint density at radius 1 is 1.58 bits per heavy atom. The molecule has 6 nitrogen and oxygen atoms in total. The Kier molecular flexibility index (Phi) is 1.83. The van der Waals surface area contributed by atoms with E-state index in [-0.39, 0.29) is 11.5 Å². The second-order valence-corrected chi connectivity index (χ2v) is 3.42. The van der Waals surface area contributed by atoms with Crippen molar-refractivity contribution in [3.63, 3.8) is 0 Å². The van der Waals surface area contributed by atoms with Gasteiger partial charge in [-0.1, -0.05) is 4.98 Å². The third-order valence-corrected chi connectivity index (χ3v) is 1.33. The Balaban J connectivity index is 3.00. The Morgan fingerprint density at radius 2 is 2.17 bits per heavy atom. The number of aromatic nitrogens is 3. The van der Waals surface area contributed by atoms with E-state index in [2.05, 4.69) is 10.1 Å². The zero-order chi connectivity index (χ0) is 9.35. The smallest absolute Gasteiger partial charge is 0.390 e. The first-order valence-electron chi connectivity index (χ1n) is 3.48. The second kappa shape index (κ2) is 2.54. The van der Waals surface area contributed by atoms with Crippen LogP contribution in [0, 0.1) is 10.1 Å². The van der Waals surface area contributed by atoms with Crippen LogP contribution in [0.1, 0.15) is 20.8 Å². The first kappa shape index (κ1) is 8.63. The third-order valence-electron chi connectivity index (χ3n) is 1.33. The van der Waals surface area contributed by atoms with Gasteiger partial charge in [0.1, 0.15) is 0 Å². The Bertz CT molecular complexity index is 299. The fourth-order valence-electron chi connectivity index (χ4n) is 0.661. The molecule has 0 spiro atoms. The summed E-state index contributed by atoms with van der Waals surface area (Å²) in [5.41, 5.74) is -0.263. The highest BCUT2D eigenvalue weighted by molar-refractivity contribution is 4.98. The molecule has 66 valence electrons. The van der Waals surface area contributed by atoms with Crippen LogP contribution in [0.4, 0.5) is 5.95 Å². The molecule has 0 radical (unpaired) electrons. The predicted octanol–water partition coefficient (Wildman–Crippen LogP) is 0.941. The highest BCUT2D eigenvalue weighted by atomic mass is 16.6. The van der Waals surface area contributed by atoms with E-state index >= 15 is 0 Å². The fourth-order valence-corrected chi connectivity index (χ4v) is 0.661. The minimum absolute atomic E-state index is 0.263. The molecule has 0 aliphatic heterocycles. The summed E-state index contributed by atoms with van der Waals surface area (Å²) in [6.45, 7) is 5.68. The Labute approximate surface area is 69.4 Å². The second-order valence-electron chi connectivity index (χ2n) is 3.42. The molecule has 0 unspecified atom stereocenters. The molecular formula is C6H10N4O2. The van der Waals surface area contributed by atoms with Gasteiger partial charge in [0.15, 0.2) is 0 Å². The van der Waals surface area contributed by atoms with Crippen LogP contribution in [0.25, 0.3) is 0 Å². The standard InChI is InChI=1S/C6H10N4O2/c1-6(2,3)9-4-7-5(8-9)10(11)12/h4H,1-3H3. The van der Waals surface area contributed by atoms with Crippen molar-refractivity contribution < 1.29 is 4.92 Å². The van der Waals surface area contributed by atoms with Crippen molar-refractivity contribution in [3.05, 3.63) is 16.4 Å². The minimum Gasteiger partial charge on any atom is -0.390 e. The molecule has 0 saturated carbocycles. The van der Waals surface area contributed by atoms with E-state index in [1.165, 1.54) is 11.0 Å². The van der Waals surface area contributed by atoms with Crippen molar-refractivity contribution in [1.82, 2.24) is 14.8 Å². The molecule has 0 fully saturated rings. The number of hydrogen-bond donors (Lipinski definition) is 0. The summed E-state index contributed by atoms with van der Waals surface area (Å²) < 4.78 is 1.46. The molecular weight excluding hydrogens is 160 g/mol. The van der Waals surface area contributed by atoms with Crippen molar-refractivity contribution in [1.29, 1.82) is 0 Å². The van der Waals surface area contributed by atoms with Crippen molar-refractivity contribution in [2.45, 2.75) is 26.3 Å². The van der Waals surface area contributed by atoms with Crippen LogP contribution in [0.3, 0.4) is 0 Å². The van der Waals surface area contributed by atoms with Crippen LogP contribution >= 0.6 is 0 Å². The summed E-state index contributed by atoms with van der Waals surface area (Å²) in [7, 11) is 0. The van der Waals surface area contributed by atoms with E-state index in [0.29, 0.717) is 0 Å². The van der Waals surface area contributed by atoms with E-state index in [4.69, 9.17) is 0 Å². The van der Waals surface area contributed by atoms with Gasteiger partial charge in [-0.2, -0.15) is 4.68 Å². The lowest BCUT2D eigenvalue weighted by Gasteiger charge is -2.13. The van der Waals surface area contributed by atoms with Gasteiger partial charge in [0, 0.05) is 5.10 Å². The van der Waals surface area contributed by atoms with Crippen LogP contribution in [-0.2, 0) is 5.54 Å². The summed E-state index contributed by atoms with van der Waals surface area (Å²) in [6.07, 6.45) is 1.36. The lowest BCUT2D eigenvalue weighted by atomic mass is 10.1. The van der Waals surface area contributed by atoms with Crippen LogP contribution in [0.2, 0.25) is 0 Å². The quantitative estimate of drug-likeness (QED) is 0.464. The molecule has 0 amide bonds. The summed E-state index contributed by atoms with van der Waals surface area (Å²) in [5, 5.41) is 13.9. The predicted molar refractivity (Wildman–Crippen MR) is 41.7 cm³/mol. The maximum Gasteiger partial charge on any atom is 0.490 e. The van der Waals surface area contributed by atoms with Gasteiger partial charge in [-0.05, 0) is 25.7 Å². The average Bonchev–Trinajstić information content (AvgIpc) is 2.30. The van der Waals surface area contributed by atoms with E-state index in [1.54, 1.807) is 0 Å². The van der Waals surface area contributed by atoms with Crippen LogP contribution in [0.15, 0.2) is 6.33 Å². The van der Waals surface area contributed by atoms with E-state index in [0.717, 1.165) is 0 Å². The number of rotatable bonds is 1. The van der Waals surface area contributed by atoms with E-state index in [1.807, 2.05) is 20.8 Å². The van der Waals surface area contributed by atoms with Crippen LogP contribution in [-0.4, -0.2) is 19.7 Å². The molecule has 0 N–H and O–H groups in total. The maximum atomic E-state index is 10.2. The van der Waals surface area contributed by atoms with Gasteiger partial charge in [0.25, 0.3) is 0 Å². The SMILES string of the molecule is CC(C)(C)n1cnc([N+](=O)[O-])n1. The summed E-state index contributed by atoms with van der Waals surface area (Å²) in [4.78, 5) is 13.1. The normalized spacial score (nSPS) is 11.6. The van der Waals surface area contributed by atoms with Gasteiger partial charge in [-0.3, -0.25) is 0 Å². The van der Waals surface area contributed by atoms with Crippen LogP contribution < -0.4 is 0 Å². The largest absolute Gasteiger partial charge is 0.490 e. The minimum atomic E-state index is -0.609. The van der Waals surface area contributed by atoms with E-state index < -0.39 is 4.92 Å². The molecule has 0 atom stereocenters. The van der Waals surface area contributed by atoms with Gasteiger partial charge in [-0.25, -0.2) is 0 Å². The Morgan fingerprint density at radius 3 is 2.42 bits per heavy atom. The lowest BCUT2D eigenvalue weighted by molar-refractivity contribution is -0.394.